The Balaban J connectivity index is 3.20. The first kappa shape index (κ1) is 7.10. The monoisotopic (exact) mass is 117 g/mol. The lowest BCUT2D eigenvalue weighted by Crippen LogP contribution is -1.86. The molecule has 8 heavy (non-hydrogen) atoms. The molecule has 0 aliphatic heterocycles. The fourth-order valence-electron chi connectivity index (χ4n) is 0.225. The van der Waals surface area contributed by atoms with Gasteiger partial charge < -0.3 is 4.74 Å². The summed E-state index contributed by atoms with van der Waals surface area (Å²) in [5, 5.41) is 9.54. The molecule has 4 heteroatoms. The van der Waals surface area contributed by atoms with Crippen molar-refractivity contribution in [3.05, 3.63) is 22.4 Å². The molecule has 0 aromatic rings. The smallest absolute Gasteiger partial charge is 0.232 e. The average Bonchev–Trinajstić information content (AvgIpc) is 1.66. The largest absolute Gasteiger partial charge is 0.380 e. The van der Waals surface area contributed by atoms with Gasteiger partial charge in [0.2, 0.25) is 6.20 Å². The summed E-state index contributed by atoms with van der Waals surface area (Å²) in [5.41, 5.74) is 0. The first-order valence-electron chi connectivity index (χ1n) is 2.06. The van der Waals surface area contributed by atoms with E-state index in [4.69, 9.17) is 0 Å². The summed E-state index contributed by atoms with van der Waals surface area (Å²) in [5.74, 6) is 0. The van der Waals surface area contributed by atoms with Crippen molar-refractivity contribution in [2.75, 3.05) is 13.7 Å². The molecule has 0 radical (unpaired) electrons. The lowest BCUT2D eigenvalue weighted by atomic mass is 10.7. The van der Waals surface area contributed by atoms with Gasteiger partial charge >= 0.3 is 0 Å². The van der Waals surface area contributed by atoms with Gasteiger partial charge in [0.05, 0.1) is 11.5 Å². The van der Waals surface area contributed by atoms with Crippen molar-refractivity contribution in [2.24, 2.45) is 0 Å². The molecule has 0 rings (SSSR count). The van der Waals surface area contributed by atoms with Gasteiger partial charge in [-0.05, 0) is 0 Å². The van der Waals surface area contributed by atoms with Gasteiger partial charge in [-0.1, -0.05) is 0 Å². The highest BCUT2D eigenvalue weighted by atomic mass is 16.6. The Morgan fingerprint density at radius 3 is 2.88 bits per heavy atom. The maximum Gasteiger partial charge on any atom is 0.232 e. The van der Waals surface area contributed by atoms with Crippen LogP contribution in [0, 0.1) is 10.1 Å². The summed E-state index contributed by atoms with van der Waals surface area (Å²) in [4.78, 5) is 9.01. The second-order valence-corrected chi connectivity index (χ2v) is 1.13. The fourth-order valence-corrected chi connectivity index (χ4v) is 0.225. The van der Waals surface area contributed by atoms with E-state index in [0.717, 1.165) is 6.20 Å². The Labute approximate surface area is 46.9 Å². The lowest BCUT2D eigenvalue weighted by Gasteiger charge is -1.82. The molecule has 0 aliphatic rings. The van der Waals surface area contributed by atoms with Gasteiger partial charge in [-0.25, -0.2) is 0 Å². The van der Waals surface area contributed by atoms with Crippen LogP contribution in [0.2, 0.25) is 0 Å². The standard InChI is InChI=1S/C4H7NO3/c1-8-4-2-3-5(6)7/h2-3H,4H2,1H3/b3-2+. The number of rotatable bonds is 3. The van der Waals surface area contributed by atoms with Crippen LogP contribution in [0.25, 0.3) is 0 Å². The van der Waals surface area contributed by atoms with E-state index in [1.165, 1.54) is 13.2 Å². The topological polar surface area (TPSA) is 52.4 Å². The third kappa shape index (κ3) is 5.10. The highest BCUT2D eigenvalue weighted by Crippen LogP contribution is 1.73. The van der Waals surface area contributed by atoms with Gasteiger partial charge in [0, 0.05) is 13.2 Å². The molecule has 0 fully saturated rings. The van der Waals surface area contributed by atoms with Crippen LogP contribution in [0.5, 0.6) is 0 Å². The Bertz CT molecular complexity index is 99.5. The van der Waals surface area contributed by atoms with Crippen molar-refractivity contribution in [2.45, 2.75) is 0 Å². The Morgan fingerprint density at radius 1 is 1.88 bits per heavy atom. The molecule has 0 heterocycles. The van der Waals surface area contributed by atoms with Crippen molar-refractivity contribution < 1.29 is 9.66 Å². The van der Waals surface area contributed by atoms with E-state index < -0.39 is 4.92 Å². The van der Waals surface area contributed by atoms with Gasteiger partial charge in [0.25, 0.3) is 0 Å². The summed E-state index contributed by atoms with van der Waals surface area (Å²) < 4.78 is 4.50. The number of nitro groups is 1. The van der Waals surface area contributed by atoms with Gasteiger partial charge in [0.1, 0.15) is 0 Å². The van der Waals surface area contributed by atoms with Crippen LogP contribution in [0.15, 0.2) is 12.3 Å². The molecular weight excluding hydrogens is 110 g/mol. The van der Waals surface area contributed by atoms with E-state index >= 15 is 0 Å². The third-order valence-electron chi connectivity index (χ3n) is 0.490. The zero-order valence-corrected chi connectivity index (χ0v) is 4.53. The van der Waals surface area contributed by atoms with Crippen molar-refractivity contribution >= 4 is 0 Å². The number of hydrogen-bond donors (Lipinski definition) is 0. The zero-order valence-electron chi connectivity index (χ0n) is 4.53. The zero-order chi connectivity index (χ0) is 6.41. The molecule has 0 amide bonds. The molecule has 0 spiro atoms. The minimum Gasteiger partial charge on any atom is -0.380 e. The Morgan fingerprint density at radius 2 is 2.50 bits per heavy atom. The number of ether oxygens (including phenoxy) is 1. The molecule has 0 aliphatic carbocycles. The molecule has 0 unspecified atom stereocenters. The van der Waals surface area contributed by atoms with Crippen LogP contribution in [0.4, 0.5) is 0 Å². The van der Waals surface area contributed by atoms with Gasteiger partial charge in [0.15, 0.2) is 0 Å². The van der Waals surface area contributed by atoms with Crippen LogP contribution >= 0.6 is 0 Å². The van der Waals surface area contributed by atoms with E-state index in [1.807, 2.05) is 0 Å². The maximum absolute atomic E-state index is 9.54. The molecule has 0 saturated heterocycles. The Kier molecular flexibility index (Phi) is 3.78. The van der Waals surface area contributed by atoms with Crippen molar-refractivity contribution in [3.8, 4) is 0 Å². The molecule has 4 nitrogen and oxygen atoms in total. The summed E-state index contributed by atoms with van der Waals surface area (Å²) in [7, 11) is 1.48. The first-order valence-corrected chi connectivity index (χ1v) is 2.06. The summed E-state index contributed by atoms with van der Waals surface area (Å²) >= 11 is 0. The normalized spacial score (nSPS) is 10.1. The van der Waals surface area contributed by atoms with E-state index in [1.54, 1.807) is 0 Å². The lowest BCUT2D eigenvalue weighted by molar-refractivity contribution is -0.402. The predicted octanol–water partition coefficient (Wildman–Crippen LogP) is 0.423. The molecule has 0 bridgehead atoms. The maximum atomic E-state index is 9.54. The minimum absolute atomic E-state index is 0.293. The van der Waals surface area contributed by atoms with Crippen molar-refractivity contribution in [3.63, 3.8) is 0 Å². The van der Waals surface area contributed by atoms with E-state index in [9.17, 15) is 10.1 Å². The predicted molar refractivity (Wildman–Crippen MR) is 28.0 cm³/mol. The van der Waals surface area contributed by atoms with E-state index in [0.29, 0.717) is 6.61 Å². The second-order valence-electron chi connectivity index (χ2n) is 1.13. The highest BCUT2D eigenvalue weighted by molar-refractivity contribution is 4.70. The summed E-state index contributed by atoms with van der Waals surface area (Å²) in [6, 6.07) is 0. The SMILES string of the molecule is COC/C=C/[N+](=O)[O-]. The van der Waals surface area contributed by atoms with Gasteiger partial charge in [-0.15, -0.1) is 0 Å². The fraction of sp³-hybridized carbons (Fsp3) is 0.500. The number of methoxy groups -OCH3 is 1. The number of nitrogens with zero attached hydrogens (tertiary/aromatic N) is 1. The second kappa shape index (κ2) is 4.26. The minimum atomic E-state index is -0.529. The van der Waals surface area contributed by atoms with Crippen molar-refractivity contribution in [1.82, 2.24) is 0 Å². The molecular formula is C4H7NO3. The molecule has 46 valence electrons. The molecule has 0 saturated carbocycles. The van der Waals surface area contributed by atoms with Crippen molar-refractivity contribution in [1.29, 1.82) is 0 Å². The summed E-state index contributed by atoms with van der Waals surface area (Å²) in [6.07, 6.45) is 2.18. The highest BCUT2D eigenvalue weighted by Gasteiger charge is 1.80. The molecule has 0 N–H and O–H groups in total. The third-order valence-corrected chi connectivity index (χ3v) is 0.490. The van der Waals surface area contributed by atoms with E-state index in [-0.39, 0.29) is 0 Å². The molecule has 0 atom stereocenters. The summed E-state index contributed by atoms with van der Waals surface area (Å²) in [6.45, 7) is 0.293. The first-order chi connectivity index (χ1) is 3.77. The van der Waals surface area contributed by atoms with Crippen LogP contribution in [-0.4, -0.2) is 18.6 Å². The van der Waals surface area contributed by atoms with Crippen LogP contribution < -0.4 is 0 Å². The molecule has 0 aromatic carbocycles. The van der Waals surface area contributed by atoms with Gasteiger partial charge in [-0.2, -0.15) is 0 Å². The number of hydrogen-bond acceptors (Lipinski definition) is 3. The van der Waals surface area contributed by atoms with Crippen LogP contribution in [0.3, 0.4) is 0 Å². The van der Waals surface area contributed by atoms with Gasteiger partial charge in [-0.3, -0.25) is 10.1 Å². The Hall–Kier alpha value is -0.900. The quantitative estimate of drug-likeness (QED) is 0.397. The van der Waals surface area contributed by atoms with Crippen LogP contribution in [0.1, 0.15) is 0 Å². The average molecular weight is 117 g/mol. The van der Waals surface area contributed by atoms with Crippen LogP contribution in [-0.2, 0) is 4.74 Å². The van der Waals surface area contributed by atoms with E-state index in [2.05, 4.69) is 4.74 Å². The molecule has 0 aromatic heterocycles.